The molecule has 3 fully saturated rings. The number of hydrogen-bond acceptors (Lipinski definition) is 1. The minimum atomic E-state index is 0.407. The summed E-state index contributed by atoms with van der Waals surface area (Å²) < 4.78 is 0. The quantitative estimate of drug-likeness (QED) is 0.613. The molecule has 0 radical (unpaired) electrons. The molecule has 3 saturated carbocycles. The molecule has 0 aromatic heterocycles. The van der Waals surface area contributed by atoms with Gasteiger partial charge in [-0.05, 0) is 35.5 Å². The summed E-state index contributed by atoms with van der Waals surface area (Å²) in [7, 11) is 0. The Morgan fingerprint density at radius 1 is 1.36 bits per heavy atom. The summed E-state index contributed by atoms with van der Waals surface area (Å²) in [5.74, 6) is 1.41. The van der Waals surface area contributed by atoms with Gasteiger partial charge in [0.15, 0.2) is 0 Å². The van der Waals surface area contributed by atoms with Crippen molar-refractivity contribution in [2.45, 2.75) is 33.6 Å². The lowest BCUT2D eigenvalue weighted by molar-refractivity contribution is -0.137. The predicted molar refractivity (Wildman–Crippen MR) is 45.2 cm³/mol. The van der Waals surface area contributed by atoms with Gasteiger partial charge in [-0.3, -0.25) is 0 Å². The molecule has 3 rings (SSSR count). The van der Waals surface area contributed by atoms with Crippen molar-refractivity contribution in [3.63, 3.8) is 0 Å². The smallest absolute Gasteiger partial charge is 0.0467 e. The molecule has 0 saturated heterocycles. The van der Waals surface area contributed by atoms with Crippen molar-refractivity contribution in [2.24, 2.45) is 22.7 Å². The first-order valence-electron chi connectivity index (χ1n) is 4.65. The molecule has 64 valence electrons. The van der Waals surface area contributed by atoms with Crippen molar-refractivity contribution in [1.29, 1.82) is 0 Å². The third-order valence-electron chi connectivity index (χ3n) is 4.87. The van der Waals surface area contributed by atoms with Gasteiger partial charge in [-0.2, -0.15) is 0 Å². The molecule has 0 aromatic carbocycles. The maximum absolute atomic E-state index is 9.16. The third-order valence-corrected chi connectivity index (χ3v) is 4.87. The second kappa shape index (κ2) is 1.82. The zero-order valence-corrected chi connectivity index (χ0v) is 7.72. The Morgan fingerprint density at radius 2 is 2.00 bits per heavy atom. The van der Waals surface area contributed by atoms with Crippen LogP contribution in [0, 0.1) is 22.7 Å². The van der Waals surface area contributed by atoms with Crippen LogP contribution in [-0.4, -0.2) is 11.7 Å². The zero-order chi connectivity index (χ0) is 8.28. The Balaban J connectivity index is 2.28. The van der Waals surface area contributed by atoms with Gasteiger partial charge in [0.2, 0.25) is 0 Å². The second-order valence-electron chi connectivity index (χ2n) is 5.07. The highest BCUT2D eigenvalue weighted by Crippen LogP contribution is 2.73. The molecule has 0 unspecified atom stereocenters. The molecule has 1 heteroatoms. The highest BCUT2D eigenvalue weighted by atomic mass is 16.3. The summed E-state index contributed by atoms with van der Waals surface area (Å²) in [6, 6.07) is 0. The number of aliphatic hydroxyl groups is 1. The van der Waals surface area contributed by atoms with Crippen LogP contribution in [0.1, 0.15) is 33.6 Å². The lowest BCUT2D eigenvalue weighted by atomic mass is 9.45. The second-order valence-corrected chi connectivity index (χ2v) is 5.07. The molecule has 0 aliphatic heterocycles. The molecule has 0 heterocycles. The van der Waals surface area contributed by atoms with Crippen molar-refractivity contribution in [2.75, 3.05) is 6.61 Å². The van der Waals surface area contributed by atoms with Gasteiger partial charge < -0.3 is 5.11 Å². The Labute approximate surface area is 68.8 Å². The molecular weight excluding hydrogens is 136 g/mol. The predicted octanol–water partition coefficient (Wildman–Crippen LogP) is 2.05. The van der Waals surface area contributed by atoms with E-state index in [0.717, 1.165) is 5.92 Å². The zero-order valence-electron chi connectivity index (χ0n) is 7.72. The Morgan fingerprint density at radius 3 is 2.18 bits per heavy atom. The van der Waals surface area contributed by atoms with Gasteiger partial charge in [0, 0.05) is 6.61 Å². The van der Waals surface area contributed by atoms with E-state index in [1.165, 1.54) is 12.8 Å². The van der Waals surface area contributed by atoms with Crippen LogP contribution in [0.15, 0.2) is 0 Å². The van der Waals surface area contributed by atoms with E-state index in [-0.39, 0.29) is 0 Å². The van der Waals surface area contributed by atoms with Crippen molar-refractivity contribution in [3.05, 3.63) is 0 Å². The molecule has 0 amide bonds. The van der Waals surface area contributed by atoms with E-state index in [9.17, 15) is 0 Å². The lowest BCUT2D eigenvalue weighted by Gasteiger charge is -2.59. The van der Waals surface area contributed by atoms with Crippen molar-refractivity contribution < 1.29 is 5.11 Å². The first-order chi connectivity index (χ1) is 5.04. The highest BCUT2D eigenvalue weighted by Gasteiger charge is 2.67. The van der Waals surface area contributed by atoms with Crippen LogP contribution in [0.25, 0.3) is 0 Å². The fourth-order valence-corrected chi connectivity index (χ4v) is 3.61. The molecule has 0 spiro atoms. The molecular formula is C10H18O. The largest absolute Gasteiger partial charge is 0.396 e. The summed E-state index contributed by atoms with van der Waals surface area (Å²) in [5.41, 5.74) is 0.951. The maximum atomic E-state index is 9.16. The molecule has 1 N–H and O–H groups in total. The summed E-state index contributed by atoms with van der Waals surface area (Å²) in [4.78, 5) is 0. The van der Waals surface area contributed by atoms with Gasteiger partial charge in [0.1, 0.15) is 0 Å². The van der Waals surface area contributed by atoms with Crippen LogP contribution in [0.2, 0.25) is 0 Å². The average Bonchev–Trinajstić information content (AvgIpc) is 2.38. The fraction of sp³-hybridized carbons (Fsp3) is 1.00. The summed E-state index contributed by atoms with van der Waals surface area (Å²) in [6.07, 6.45) is 2.67. The highest BCUT2D eigenvalue weighted by molar-refractivity contribution is 5.16. The van der Waals surface area contributed by atoms with Crippen LogP contribution in [0.3, 0.4) is 0 Å². The lowest BCUT2D eigenvalue weighted by Crippen LogP contribution is -2.56. The number of fused-ring (bicyclic) bond motifs is 1. The molecule has 3 aliphatic rings. The monoisotopic (exact) mass is 154 g/mol. The normalized spacial score (nSPS) is 52.4. The van der Waals surface area contributed by atoms with Gasteiger partial charge in [0.25, 0.3) is 0 Å². The van der Waals surface area contributed by atoms with Gasteiger partial charge >= 0.3 is 0 Å². The fourth-order valence-electron chi connectivity index (χ4n) is 3.61. The van der Waals surface area contributed by atoms with Crippen molar-refractivity contribution >= 4 is 0 Å². The van der Waals surface area contributed by atoms with Gasteiger partial charge in [0.05, 0.1) is 0 Å². The van der Waals surface area contributed by atoms with Gasteiger partial charge in [-0.1, -0.05) is 20.8 Å². The molecule has 2 bridgehead atoms. The van der Waals surface area contributed by atoms with E-state index >= 15 is 0 Å². The van der Waals surface area contributed by atoms with E-state index < -0.39 is 0 Å². The Bertz CT molecular complexity index is 185. The molecule has 3 atom stereocenters. The van der Waals surface area contributed by atoms with E-state index in [1.807, 2.05) is 0 Å². The molecule has 0 aromatic rings. The van der Waals surface area contributed by atoms with E-state index in [0.29, 0.717) is 23.4 Å². The first-order valence-corrected chi connectivity index (χ1v) is 4.65. The summed E-state index contributed by atoms with van der Waals surface area (Å²) >= 11 is 0. The number of aliphatic hydroxyl groups excluding tert-OH is 1. The minimum absolute atomic E-state index is 0.407. The standard InChI is InChI=1S/C10H18O/c1-9(2)7-4-5-10(9,3)8(7)6-11/h7-8,11H,4-6H2,1-3H3/t7-,8+,10+/m0/s1. The number of rotatable bonds is 1. The summed E-state index contributed by atoms with van der Waals surface area (Å²) in [5, 5.41) is 9.16. The molecule has 3 aliphatic carbocycles. The average molecular weight is 154 g/mol. The van der Waals surface area contributed by atoms with Crippen LogP contribution >= 0.6 is 0 Å². The van der Waals surface area contributed by atoms with Crippen LogP contribution in [0.4, 0.5) is 0 Å². The Kier molecular flexibility index (Phi) is 1.26. The maximum Gasteiger partial charge on any atom is 0.0467 e. The van der Waals surface area contributed by atoms with Crippen LogP contribution in [0.5, 0.6) is 0 Å². The van der Waals surface area contributed by atoms with E-state index in [1.54, 1.807) is 0 Å². The molecule has 11 heavy (non-hydrogen) atoms. The topological polar surface area (TPSA) is 20.2 Å². The van der Waals surface area contributed by atoms with Gasteiger partial charge in [-0.25, -0.2) is 0 Å². The van der Waals surface area contributed by atoms with Crippen LogP contribution < -0.4 is 0 Å². The third kappa shape index (κ3) is 0.581. The minimum Gasteiger partial charge on any atom is -0.396 e. The van der Waals surface area contributed by atoms with E-state index in [4.69, 9.17) is 5.11 Å². The SMILES string of the molecule is CC1(C)[C@H]2CC[C@]1(C)[C@@H]2CO. The molecule has 1 nitrogen and oxygen atoms in total. The van der Waals surface area contributed by atoms with Crippen molar-refractivity contribution in [1.82, 2.24) is 0 Å². The number of hydrogen-bond donors (Lipinski definition) is 1. The van der Waals surface area contributed by atoms with Gasteiger partial charge in [-0.15, -0.1) is 0 Å². The first kappa shape index (κ1) is 7.60. The van der Waals surface area contributed by atoms with Crippen molar-refractivity contribution in [3.8, 4) is 0 Å². The Hall–Kier alpha value is -0.0400. The van der Waals surface area contributed by atoms with E-state index in [2.05, 4.69) is 20.8 Å². The summed E-state index contributed by atoms with van der Waals surface area (Å²) in [6.45, 7) is 7.47. The van der Waals surface area contributed by atoms with Crippen LogP contribution in [-0.2, 0) is 0 Å².